The topological polar surface area (TPSA) is 112 Å². The molecule has 0 heterocycles. The number of fused-ring (bicyclic) bond motifs is 1. The molecule has 0 bridgehead atoms. The number of hydrogen-bond acceptors (Lipinski definition) is 8. The zero-order valence-corrected chi connectivity index (χ0v) is 17.3. The van der Waals surface area contributed by atoms with Crippen LogP contribution in [0, 0.1) is 0 Å². The SMILES string of the molecule is C=CC(=O)OC(CO)COc1ccc(OCC(CO)OC(=O)C(=C)C)c2ccccc12. The monoisotopic (exact) mass is 430 g/mol. The number of aliphatic hydroxyl groups is 2. The van der Waals surface area contributed by atoms with Gasteiger partial charge in [0, 0.05) is 22.4 Å². The van der Waals surface area contributed by atoms with Crippen LogP contribution >= 0.6 is 0 Å². The Morgan fingerprint density at radius 2 is 1.42 bits per heavy atom. The fourth-order valence-electron chi connectivity index (χ4n) is 2.57. The Morgan fingerprint density at radius 3 is 1.84 bits per heavy atom. The van der Waals surface area contributed by atoms with E-state index < -0.39 is 37.4 Å². The predicted molar refractivity (Wildman–Crippen MR) is 114 cm³/mol. The maximum absolute atomic E-state index is 11.7. The molecule has 0 saturated heterocycles. The highest BCUT2D eigenvalue weighted by molar-refractivity contribution is 5.93. The lowest BCUT2D eigenvalue weighted by atomic mass is 10.1. The molecule has 0 radical (unpaired) electrons. The molecule has 2 rings (SSSR count). The van der Waals surface area contributed by atoms with Gasteiger partial charge in [0.05, 0.1) is 13.2 Å². The van der Waals surface area contributed by atoms with Gasteiger partial charge in [0.25, 0.3) is 0 Å². The second kappa shape index (κ2) is 11.7. The first kappa shape index (κ1) is 23.9. The van der Waals surface area contributed by atoms with Crippen LogP contribution in [0.15, 0.2) is 61.2 Å². The van der Waals surface area contributed by atoms with Crippen molar-refractivity contribution in [3.8, 4) is 11.5 Å². The van der Waals surface area contributed by atoms with Crippen molar-refractivity contribution in [1.82, 2.24) is 0 Å². The lowest BCUT2D eigenvalue weighted by molar-refractivity contribution is -0.148. The van der Waals surface area contributed by atoms with Crippen molar-refractivity contribution in [3.05, 3.63) is 61.2 Å². The first-order valence-electron chi connectivity index (χ1n) is 9.58. The number of rotatable bonds is 12. The van der Waals surface area contributed by atoms with Crippen LogP contribution in [-0.4, -0.2) is 60.8 Å². The molecule has 0 aliphatic carbocycles. The number of hydrogen-bond donors (Lipinski definition) is 2. The smallest absolute Gasteiger partial charge is 0.333 e. The fourth-order valence-corrected chi connectivity index (χ4v) is 2.57. The van der Waals surface area contributed by atoms with Gasteiger partial charge in [-0.25, -0.2) is 9.59 Å². The Bertz CT molecular complexity index is 936. The second-order valence-corrected chi connectivity index (χ2v) is 6.67. The molecule has 0 fully saturated rings. The Hall–Kier alpha value is -3.36. The third kappa shape index (κ3) is 6.84. The number of carbonyl (C=O) groups excluding carboxylic acids is 2. The molecule has 0 amide bonds. The van der Waals surface area contributed by atoms with Crippen LogP contribution in [0.3, 0.4) is 0 Å². The van der Waals surface area contributed by atoms with E-state index in [1.807, 2.05) is 24.3 Å². The van der Waals surface area contributed by atoms with Crippen molar-refractivity contribution < 1.29 is 38.7 Å². The molecule has 2 atom stereocenters. The van der Waals surface area contributed by atoms with Crippen LogP contribution < -0.4 is 9.47 Å². The Balaban J connectivity index is 2.13. The van der Waals surface area contributed by atoms with E-state index >= 15 is 0 Å². The minimum atomic E-state index is -0.844. The predicted octanol–water partition coefficient (Wildman–Crippen LogP) is 2.17. The van der Waals surface area contributed by atoms with E-state index in [2.05, 4.69) is 13.2 Å². The Morgan fingerprint density at radius 1 is 0.935 bits per heavy atom. The molecule has 2 aromatic carbocycles. The average Bonchev–Trinajstić information content (AvgIpc) is 2.79. The zero-order chi connectivity index (χ0) is 22.8. The van der Waals surface area contributed by atoms with Crippen LogP contribution in [0.5, 0.6) is 11.5 Å². The molecule has 0 aliphatic rings. The van der Waals surface area contributed by atoms with Crippen molar-refractivity contribution in [1.29, 1.82) is 0 Å². The van der Waals surface area contributed by atoms with Crippen LogP contribution in [-0.2, 0) is 19.1 Å². The first-order valence-corrected chi connectivity index (χ1v) is 9.58. The van der Waals surface area contributed by atoms with Crippen molar-refractivity contribution in [2.24, 2.45) is 0 Å². The van der Waals surface area contributed by atoms with Gasteiger partial charge >= 0.3 is 11.9 Å². The van der Waals surface area contributed by atoms with Crippen molar-refractivity contribution in [2.45, 2.75) is 19.1 Å². The van der Waals surface area contributed by atoms with Crippen LogP contribution in [0.25, 0.3) is 10.8 Å². The molecule has 2 aromatic rings. The highest BCUT2D eigenvalue weighted by Gasteiger charge is 2.17. The van der Waals surface area contributed by atoms with Crippen molar-refractivity contribution in [3.63, 3.8) is 0 Å². The maximum atomic E-state index is 11.7. The van der Waals surface area contributed by atoms with E-state index in [1.165, 1.54) is 6.92 Å². The van der Waals surface area contributed by atoms with Gasteiger partial charge in [-0.15, -0.1) is 0 Å². The Labute approximate surface area is 180 Å². The number of esters is 2. The van der Waals surface area contributed by atoms with E-state index in [0.29, 0.717) is 11.5 Å². The summed E-state index contributed by atoms with van der Waals surface area (Å²) in [4.78, 5) is 23.0. The average molecular weight is 430 g/mol. The van der Waals surface area contributed by atoms with Crippen molar-refractivity contribution in [2.75, 3.05) is 26.4 Å². The molecule has 166 valence electrons. The van der Waals surface area contributed by atoms with Gasteiger partial charge in [-0.3, -0.25) is 0 Å². The van der Waals surface area contributed by atoms with Crippen molar-refractivity contribution >= 4 is 22.7 Å². The van der Waals surface area contributed by atoms with Gasteiger partial charge in [-0.1, -0.05) is 37.4 Å². The highest BCUT2D eigenvalue weighted by Crippen LogP contribution is 2.33. The third-order valence-electron chi connectivity index (χ3n) is 4.17. The minimum absolute atomic E-state index is 0.0518. The molecule has 0 aliphatic heterocycles. The standard InChI is InChI=1S/C23H26O8/c1-4-22(26)30-16(11-24)13-28-20-9-10-21(19-8-6-5-7-18(19)20)29-14-17(12-25)31-23(27)15(2)3/h4-10,16-17,24-25H,1-2,11-14H2,3H3. The summed E-state index contributed by atoms with van der Waals surface area (Å²) < 4.78 is 21.7. The summed E-state index contributed by atoms with van der Waals surface area (Å²) in [6, 6.07) is 10.7. The van der Waals surface area contributed by atoms with Crippen LogP contribution in [0.2, 0.25) is 0 Å². The van der Waals surface area contributed by atoms with E-state index in [-0.39, 0.29) is 18.8 Å². The molecule has 8 heteroatoms. The second-order valence-electron chi connectivity index (χ2n) is 6.67. The summed E-state index contributed by atoms with van der Waals surface area (Å²) in [5.74, 6) is -0.248. The number of ether oxygens (including phenoxy) is 4. The molecule has 0 saturated carbocycles. The molecule has 0 spiro atoms. The lowest BCUT2D eigenvalue weighted by Crippen LogP contribution is -2.28. The molecular weight excluding hydrogens is 404 g/mol. The van der Waals surface area contributed by atoms with E-state index in [9.17, 15) is 19.8 Å². The first-order chi connectivity index (χ1) is 14.9. The summed E-state index contributed by atoms with van der Waals surface area (Å²) in [6.07, 6.45) is -0.672. The van der Waals surface area contributed by atoms with Gasteiger partial charge < -0.3 is 29.2 Å². The molecule has 0 aromatic heterocycles. The normalized spacial score (nSPS) is 12.5. The summed E-state index contributed by atoms with van der Waals surface area (Å²) in [6.45, 7) is 7.44. The molecule has 8 nitrogen and oxygen atoms in total. The largest absolute Gasteiger partial charge is 0.489 e. The molecule has 2 N–H and O–H groups in total. The summed E-state index contributed by atoms with van der Waals surface area (Å²) in [7, 11) is 0. The summed E-state index contributed by atoms with van der Waals surface area (Å²) >= 11 is 0. The van der Waals surface area contributed by atoms with Gasteiger partial charge in [0.2, 0.25) is 0 Å². The van der Waals surface area contributed by atoms with E-state index in [1.54, 1.807) is 12.1 Å². The summed E-state index contributed by atoms with van der Waals surface area (Å²) in [5.41, 5.74) is 0.227. The maximum Gasteiger partial charge on any atom is 0.333 e. The van der Waals surface area contributed by atoms with Gasteiger partial charge in [0.1, 0.15) is 24.7 Å². The number of carbonyl (C=O) groups is 2. The number of aliphatic hydroxyl groups excluding tert-OH is 2. The Kier molecular flexibility index (Phi) is 9.05. The zero-order valence-electron chi connectivity index (χ0n) is 17.3. The van der Waals surface area contributed by atoms with Gasteiger partial charge in [-0.05, 0) is 19.1 Å². The highest BCUT2D eigenvalue weighted by atomic mass is 16.6. The number of benzene rings is 2. The van der Waals surface area contributed by atoms with Gasteiger partial charge in [-0.2, -0.15) is 0 Å². The molecule has 2 unspecified atom stereocenters. The lowest BCUT2D eigenvalue weighted by Gasteiger charge is -2.19. The van der Waals surface area contributed by atoms with Gasteiger partial charge in [0.15, 0.2) is 12.2 Å². The van der Waals surface area contributed by atoms with Crippen LogP contribution in [0.4, 0.5) is 0 Å². The molecule has 31 heavy (non-hydrogen) atoms. The fraction of sp³-hybridized carbons (Fsp3) is 0.304. The van der Waals surface area contributed by atoms with Crippen LogP contribution in [0.1, 0.15) is 6.92 Å². The third-order valence-corrected chi connectivity index (χ3v) is 4.17. The van der Waals surface area contributed by atoms with E-state index in [0.717, 1.165) is 16.8 Å². The molecular formula is C23H26O8. The van der Waals surface area contributed by atoms with E-state index in [4.69, 9.17) is 18.9 Å². The minimum Gasteiger partial charge on any atom is -0.489 e. The quantitative estimate of drug-likeness (QED) is 0.389. The summed E-state index contributed by atoms with van der Waals surface area (Å²) in [5, 5.41) is 20.3.